The second-order valence-corrected chi connectivity index (χ2v) is 7.29. The lowest BCUT2D eigenvalue weighted by Gasteiger charge is -2.18. The number of hydrogen-bond donors (Lipinski definition) is 0. The van der Waals surface area contributed by atoms with E-state index in [9.17, 15) is 0 Å². The molecule has 2 heteroatoms. The Morgan fingerprint density at radius 3 is 1.75 bits per heavy atom. The van der Waals surface area contributed by atoms with Crippen LogP contribution in [0.2, 0.25) is 0 Å². The molecule has 0 bridgehead atoms. The fourth-order valence-corrected chi connectivity index (χ4v) is 3.48. The van der Waals surface area contributed by atoms with E-state index in [4.69, 9.17) is 4.36 Å². The zero-order valence-corrected chi connectivity index (χ0v) is 9.74. The molecule has 1 nitrogen and oxygen atoms in total. The highest BCUT2D eigenvalue weighted by Crippen LogP contribution is 2.40. The molecular weight excluding hydrogens is 166 g/mol. The summed E-state index contributed by atoms with van der Waals surface area (Å²) in [6.45, 7) is 11.4. The van der Waals surface area contributed by atoms with Crippen molar-refractivity contribution in [2.45, 2.75) is 63.5 Å². The van der Waals surface area contributed by atoms with Crippen LogP contribution in [0.1, 0.15) is 47.5 Å². The molecule has 0 saturated heterocycles. The van der Waals surface area contributed by atoms with Gasteiger partial charge in [-0.15, -0.1) is 0 Å². The van der Waals surface area contributed by atoms with Gasteiger partial charge in [-0.25, -0.2) is 0 Å². The van der Waals surface area contributed by atoms with E-state index in [2.05, 4.69) is 34.6 Å². The van der Waals surface area contributed by atoms with E-state index in [0.717, 1.165) is 10.5 Å². The second-order valence-electron chi connectivity index (χ2n) is 4.53. The van der Waals surface area contributed by atoms with Crippen LogP contribution in [-0.4, -0.2) is 16.0 Å². The minimum atomic E-state index is 0.290. The molecule has 0 aromatic heterocycles. The number of nitrogens with zero attached hydrogens (tertiary/aromatic N) is 1. The lowest BCUT2D eigenvalue weighted by molar-refractivity contribution is 0.772. The Morgan fingerprint density at radius 1 is 1.08 bits per heavy atom. The van der Waals surface area contributed by atoms with Crippen molar-refractivity contribution >= 4 is 10.7 Å². The molecule has 0 atom stereocenters. The average molecular weight is 187 g/mol. The van der Waals surface area contributed by atoms with Gasteiger partial charge in [-0.3, -0.25) is 4.36 Å². The van der Waals surface area contributed by atoms with Crippen molar-refractivity contribution in [3.8, 4) is 0 Å². The minimum Gasteiger partial charge on any atom is -0.258 e. The smallest absolute Gasteiger partial charge is 0.0650 e. The van der Waals surface area contributed by atoms with Gasteiger partial charge in [0.2, 0.25) is 0 Å². The van der Waals surface area contributed by atoms with Crippen molar-refractivity contribution in [3.05, 3.63) is 0 Å². The molecule has 1 fully saturated rings. The fraction of sp³-hybridized carbons (Fsp3) is 1.00. The summed E-state index contributed by atoms with van der Waals surface area (Å²) < 4.78 is 4.95. The summed E-state index contributed by atoms with van der Waals surface area (Å²) >= 11 is 0. The maximum Gasteiger partial charge on any atom is 0.0650 e. The predicted molar refractivity (Wildman–Crippen MR) is 57.7 cm³/mol. The summed E-state index contributed by atoms with van der Waals surface area (Å²) in [6.07, 6.45) is 2.63. The maximum atomic E-state index is 4.95. The molecule has 0 aliphatic heterocycles. The summed E-state index contributed by atoms with van der Waals surface area (Å²) in [6, 6.07) is 0. The molecule has 12 heavy (non-hydrogen) atoms. The quantitative estimate of drug-likeness (QED) is 0.643. The molecular formula is C10H21NS. The summed E-state index contributed by atoms with van der Waals surface area (Å²) in [5.41, 5.74) is 0.373. The SMILES string of the molecule is CC(C)S(=NC1(C)CC1)C(C)C. The Morgan fingerprint density at radius 2 is 1.50 bits per heavy atom. The monoisotopic (exact) mass is 187 g/mol. The zero-order chi connectivity index (χ0) is 9.35. The van der Waals surface area contributed by atoms with Crippen LogP contribution >= 0.6 is 0 Å². The van der Waals surface area contributed by atoms with Crippen molar-refractivity contribution in [2.75, 3.05) is 0 Å². The highest BCUT2D eigenvalue weighted by atomic mass is 32.2. The van der Waals surface area contributed by atoms with E-state index in [1.54, 1.807) is 0 Å². The van der Waals surface area contributed by atoms with Gasteiger partial charge in [0.1, 0.15) is 0 Å². The van der Waals surface area contributed by atoms with Crippen LogP contribution < -0.4 is 0 Å². The molecule has 0 aromatic carbocycles. The van der Waals surface area contributed by atoms with Gasteiger partial charge in [-0.05, 0) is 19.8 Å². The minimum absolute atomic E-state index is 0.290. The van der Waals surface area contributed by atoms with Gasteiger partial charge in [0.15, 0.2) is 0 Å². The van der Waals surface area contributed by atoms with E-state index in [1.807, 2.05) is 0 Å². The normalized spacial score (nSPS) is 20.7. The predicted octanol–water partition coefficient (Wildman–Crippen LogP) is 3.16. The van der Waals surface area contributed by atoms with Crippen LogP contribution in [-0.2, 0) is 10.7 Å². The molecule has 1 saturated carbocycles. The van der Waals surface area contributed by atoms with Crippen molar-refractivity contribution in [1.82, 2.24) is 0 Å². The Balaban J connectivity index is 2.71. The van der Waals surface area contributed by atoms with E-state index in [1.165, 1.54) is 12.8 Å². The molecule has 1 aliphatic carbocycles. The van der Waals surface area contributed by atoms with Crippen LogP contribution in [0, 0.1) is 0 Å². The van der Waals surface area contributed by atoms with Crippen molar-refractivity contribution < 1.29 is 0 Å². The first-order valence-electron chi connectivity index (χ1n) is 4.89. The zero-order valence-electron chi connectivity index (χ0n) is 8.92. The average Bonchev–Trinajstić information content (AvgIpc) is 2.63. The number of hydrogen-bond acceptors (Lipinski definition) is 1. The van der Waals surface area contributed by atoms with Gasteiger partial charge >= 0.3 is 0 Å². The molecule has 0 unspecified atom stereocenters. The van der Waals surface area contributed by atoms with E-state index < -0.39 is 0 Å². The van der Waals surface area contributed by atoms with Gasteiger partial charge in [-0.1, -0.05) is 38.4 Å². The van der Waals surface area contributed by atoms with Gasteiger partial charge in [0, 0.05) is 10.5 Å². The molecule has 0 amide bonds. The molecule has 1 aliphatic rings. The first-order chi connectivity index (χ1) is 5.44. The first kappa shape index (κ1) is 10.2. The van der Waals surface area contributed by atoms with Crippen LogP contribution in [0.15, 0.2) is 4.36 Å². The Labute approximate surface area is 79.0 Å². The molecule has 0 spiro atoms. The second kappa shape index (κ2) is 3.49. The van der Waals surface area contributed by atoms with Gasteiger partial charge in [-0.2, -0.15) is 0 Å². The largest absolute Gasteiger partial charge is 0.258 e. The lowest BCUT2D eigenvalue weighted by atomic mass is 10.4. The summed E-state index contributed by atoms with van der Waals surface area (Å²) in [5, 5.41) is 1.45. The molecule has 0 heterocycles. The Bertz CT molecular complexity index is 180. The molecule has 72 valence electrons. The summed E-state index contributed by atoms with van der Waals surface area (Å²) in [4.78, 5) is 0. The summed E-state index contributed by atoms with van der Waals surface area (Å²) in [5.74, 6) is 0. The van der Waals surface area contributed by atoms with E-state index in [-0.39, 0.29) is 0 Å². The van der Waals surface area contributed by atoms with Crippen LogP contribution in [0.25, 0.3) is 0 Å². The number of rotatable bonds is 3. The van der Waals surface area contributed by atoms with Crippen molar-refractivity contribution in [3.63, 3.8) is 0 Å². The Hall–Kier alpha value is 0.150. The van der Waals surface area contributed by atoms with Gasteiger partial charge < -0.3 is 0 Å². The summed E-state index contributed by atoms with van der Waals surface area (Å²) in [7, 11) is 0.290. The molecule has 0 aromatic rings. The van der Waals surface area contributed by atoms with Crippen LogP contribution in [0.4, 0.5) is 0 Å². The maximum absolute atomic E-state index is 4.95. The van der Waals surface area contributed by atoms with Gasteiger partial charge in [0.25, 0.3) is 0 Å². The molecule has 1 rings (SSSR count). The van der Waals surface area contributed by atoms with Crippen LogP contribution in [0.3, 0.4) is 0 Å². The highest BCUT2D eigenvalue weighted by molar-refractivity contribution is 7.88. The fourth-order valence-electron chi connectivity index (χ4n) is 1.28. The van der Waals surface area contributed by atoms with E-state index >= 15 is 0 Å². The Kier molecular flexibility index (Phi) is 2.97. The lowest BCUT2D eigenvalue weighted by Crippen LogP contribution is -2.18. The third-order valence-corrected chi connectivity index (χ3v) is 4.85. The third-order valence-electron chi connectivity index (χ3n) is 2.27. The van der Waals surface area contributed by atoms with Crippen LogP contribution in [0.5, 0.6) is 0 Å². The van der Waals surface area contributed by atoms with Crippen molar-refractivity contribution in [2.24, 2.45) is 4.36 Å². The highest BCUT2D eigenvalue weighted by Gasteiger charge is 2.37. The molecule has 0 radical (unpaired) electrons. The standard InChI is InChI=1S/C10H21NS/c1-8(2)12(9(3)4)11-10(5)6-7-10/h8-9H,6-7H2,1-5H3. The van der Waals surface area contributed by atoms with Gasteiger partial charge in [0.05, 0.1) is 5.54 Å². The topological polar surface area (TPSA) is 12.4 Å². The first-order valence-corrected chi connectivity index (χ1v) is 6.20. The van der Waals surface area contributed by atoms with Crippen molar-refractivity contribution in [1.29, 1.82) is 0 Å². The third kappa shape index (κ3) is 2.58. The van der Waals surface area contributed by atoms with E-state index in [0.29, 0.717) is 16.2 Å². The molecule has 0 N–H and O–H groups in total.